The van der Waals surface area contributed by atoms with Crippen LogP contribution in [0.5, 0.6) is 5.75 Å². The Morgan fingerprint density at radius 3 is 2.26 bits per heavy atom. The molecule has 0 radical (unpaired) electrons. The molecule has 3 aromatic carbocycles. The summed E-state index contributed by atoms with van der Waals surface area (Å²) in [6.07, 6.45) is 0. The number of aryl methyl sites for hydroxylation is 3. The van der Waals surface area contributed by atoms with Gasteiger partial charge >= 0.3 is 0 Å². The second-order valence-electron chi connectivity index (χ2n) is 8.29. The molecule has 0 aliphatic carbocycles. The SMILES string of the molecule is COc1ccccc1Nc1sc(C(=O)c2ccc(C)cc2C)c(N)c1S(=O)(=O)c1ccc(C)cc1. The van der Waals surface area contributed by atoms with Crippen molar-refractivity contribution in [1.29, 1.82) is 0 Å². The van der Waals surface area contributed by atoms with Gasteiger partial charge in [-0.2, -0.15) is 0 Å². The molecule has 35 heavy (non-hydrogen) atoms. The predicted molar refractivity (Wildman–Crippen MR) is 141 cm³/mol. The number of ether oxygens (including phenoxy) is 1. The minimum atomic E-state index is -4.04. The minimum Gasteiger partial charge on any atom is -0.495 e. The number of hydrogen-bond donors (Lipinski definition) is 2. The Morgan fingerprint density at radius 2 is 1.60 bits per heavy atom. The lowest BCUT2D eigenvalue weighted by atomic mass is 10.0. The Bertz CT molecular complexity index is 1520. The fourth-order valence-electron chi connectivity index (χ4n) is 3.84. The van der Waals surface area contributed by atoms with Crippen LogP contribution in [0.15, 0.2) is 76.5 Å². The first-order valence-electron chi connectivity index (χ1n) is 10.9. The molecular weight excluding hydrogens is 480 g/mol. The van der Waals surface area contributed by atoms with Crippen LogP contribution in [0, 0.1) is 20.8 Å². The topological polar surface area (TPSA) is 98.5 Å². The minimum absolute atomic E-state index is 0.0713. The lowest BCUT2D eigenvalue weighted by Gasteiger charge is -2.12. The number of nitrogens with one attached hydrogen (secondary N) is 1. The van der Waals surface area contributed by atoms with Crippen molar-refractivity contribution in [2.45, 2.75) is 30.6 Å². The highest BCUT2D eigenvalue weighted by Gasteiger charge is 2.32. The Balaban J connectivity index is 1.92. The van der Waals surface area contributed by atoms with Crippen molar-refractivity contribution in [3.05, 3.63) is 93.9 Å². The molecule has 0 saturated carbocycles. The second kappa shape index (κ2) is 9.56. The molecule has 0 atom stereocenters. The average Bonchev–Trinajstić information content (AvgIpc) is 3.15. The van der Waals surface area contributed by atoms with E-state index in [9.17, 15) is 13.2 Å². The van der Waals surface area contributed by atoms with E-state index in [4.69, 9.17) is 10.5 Å². The number of methoxy groups -OCH3 is 1. The molecule has 0 amide bonds. The fraction of sp³-hybridized carbons (Fsp3) is 0.148. The van der Waals surface area contributed by atoms with Gasteiger partial charge in [-0.15, -0.1) is 11.3 Å². The van der Waals surface area contributed by atoms with Crippen molar-refractivity contribution < 1.29 is 17.9 Å². The molecule has 0 aliphatic heterocycles. The predicted octanol–water partition coefficient (Wildman–Crippen LogP) is 6.07. The zero-order valence-electron chi connectivity index (χ0n) is 19.9. The molecule has 0 spiro atoms. The molecule has 3 N–H and O–H groups in total. The zero-order chi connectivity index (χ0) is 25.3. The number of thiophene rings is 1. The number of ketones is 1. The summed E-state index contributed by atoms with van der Waals surface area (Å²) in [7, 11) is -2.51. The Hall–Kier alpha value is -3.62. The van der Waals surface area contributed by atoms with Gasteiger partial charge in [0.2, 0.25) is 15.6 Å². The molecule has 0 saturated heterocycles. The molecular formula is C27H26N2O4S2. The van der Waals surface area contributed by atoms with E-state index in [0.29, 0.717) is 17.0 Å². The van der Waals surface area contributed by atoms with Gasteiger partial charge in [-0.3, -0.25) is 4.79 Å². The smallest absolute Gasteiger partial charge is 0.211 e. The fourth-order valence-corrected chi connectivity index (χ4v) is 6.76. The molecule has 1 aromatic heterocycles. The highest BCUT2D eigenvalue weighted by atomic mass is 32.2. The van der Waals surface area contributed by atoms with Crippen molar-refractivity contribution in [2.75, 3.05) is 18.2 Å². The van der Waals surface area contributed by atoms with Crippen molar-refractivity contribution in [3.8, 4) is 5.75 Å². The summed E-state index contributed by atoms with van der Waals surface area (Å²) in [4.78, 5) is 13.7. The monoisotopic (exact) mass is 506 g/mol. The molecule has 180 valence electrons. The number of carbonyl (C=O) groups excluding carboxylic acids is 1. The van der Waals surface area contributed by atoms with Crippen molar-refractivity contribution >= 4 is 43.3 Å². The summed E-state index contributed by atoms with van der Waals surface area (Å²) in [6.45, 7) is 5.68. The van der Waals surface area contributed by atoms with Gasteiger partial charge in [0.25, 0.3) is 0 Å². The van der Waals surface area contributed by atoms with Gasteiger partial charge in [0.15, 0.2) is 0 Å². The van der Waals surface area contributed by atoms with Crippen LogP contribution in [0.3, 0.4) is 0 Å². The number of benzene rings is 3. The zero-order valence-corrected chi connectivity index (χ0v) is 21.5. The first kappa shape index (κ1) is 24.5. The highest BCUT2D eigenvalue weighted by molar-refractivity contribution is 7.92. The number of carbonyl (C=O) groups is 1. The van der Waals surface area contributed by atoms with Crippen LogP contribution in [-0.4, -0.2) is 21.3 Å². The van der Waals surface area contributed by atoms with E-state index >= 15 is 0 Å². The number of rotatable bonds is 7. The summed E-state index contributed by atoms with van der Waals surface area (Å²) >= 11 is 1.02. The third-order valence-corrected chi connectivity index (χ3v) is 8.79. The standard InChI is InChI=1S/C27H26N2O4S2/c1-16-9-12-19(13-10-16)35(31,32)26-23(28)25(24(30)20-14-11-17(2)15-18(20)3)34-27(26)29-21-7-5-6-8-22(21)33-4/h5-15,29H,28H2,1-4H3. The van der Waals surface area contributed by atoms with E-state index in [1.54, 1.807) is 48.5 Å². The lowest BCUT2D eigenvalue weighted by Crippen LogP contribution is -2.09. The van der Waals surface area contributed by atoms with E-state index < -0.39 is 9.84 Å². The van der Waals surface area contributed by atoms with Gasteiger partial charge < -0.3 is 15.8 Å². The molecule has 4 rings (SSSR count). The maximum absolute atomic E-state index is 13.8. The summed E-state index contributed by atoms with van der Waals surface area (Å²) < 4.78 is 32.9. The first-order valence-corrected chi connectivity index (χ1v) is 13.2. The molecule has 0 bridgehead atoms. The third-order valence-electron chi connectivity index (χ3n) is 5.69. The molecule has 0 unspecified atom stereocenters. The van der Waals surface area contributed by atoms with E-state index in [2.05, 4.69) is 5.32 Å². The van der Waals surface area contributed by atoms with Gasteiger partial charge in [-0.05, 0) is 50.6 Å². The molecule has 8 heteroatoms. The number of nitrogen functional groups attached to an aromatic ring is 1. The van der Waals surface area contributed by atoms with E-state index in [1.807, 2.05) is 39.0 Å². The highest BCUT2D eigenvalue weighted by Crippen LogP contribution is 2.45. The molecule has 1 heterocycles. The normalized spacial score (nSPS) is 11.3. The molecule has 6 nitrogen and oxygen atoms in total. The van der Waals surface area contributed by atoms with Gasteiger partial charge in [0.05, 0.1) is 23.4 Å². The van der Waals surface area contributed by atoms with E-state index in [0.717, 1.165) is 28.0 Å². The Morgan fingerprint density at radius 1 is 0.943 bits per heavy atom. The van der Waals surface area contributed by atoms with Crippen molar-refractivity contribution in [1.82, 2.24) is 0 Å². The van der Waals surface area contributed by atoms with Gasteiger partial charge in [0.1, 0.15) is 20.5 Å². The van der Waals surface area contributed by atoms with Crippen LogP contribution in [0.1, 0.15) is 31.9 Å². The number of sulfone groups is 1. The van der Waals surface area contributed by atoms with Crippen LogP contribution in [0.25, 0.3) is 0 Å². The van der Waals surface area contributed by atoms with Gasteiger partial charge in [-0.1, -0.05) is 53.6 Å². The Labute approximate surface area is 209 Å². The second-order valence-corrected chi connectivity index (χ2v) is 11.2. The summed E-state index contributed by atoms with van der Waals surface area (Å²) in [5.41, 5.74) is 10.2. The maximum atomic E-state index is 13.8. The van der Waals surface area contributed by atoms with E-state index in [1.165, 1.54) is 7.11 Å². The summed E-state index contributed by atoms with van der Waals surface area (Å²) in [6, 6.07) is 19.2. The van der Waals surface area contributed by atoms with Crippen LogP contribution in [-0.2, 0) is 9.84 Å². The number of anilines is 3. The summed E-state index contributed by atoms with van der Waals surface area (Å²) in [5, 5.41) is 3.40. The van der Waals surface area contributed by atoms with Gasteiger partial charge in [0, 0.05) is 5.56 Å². The largest absolute Gasteiger partial charge is 0.495 e. The number of nitrogens with two attached hydrogens (primary N) is 1. The van der Waals surface area contributed by atoms with Crippen LogP contribution in [0.2, 0.25) is 0 Å². The molecule has 0 aliphatic rings. The van der Waals surface area contributed by atoms with Gasteiger partial charge in [-0.25, -0.2) is 8.42 Å². The van der Waals surface area contributed by atoms with Crippen LogP contribution in [0.4, 0.5) is 16.4 Å². The van der Waals surface area contributed by atoms with Crippen LogP contribution < -0.4 is 15.8 Å². The molecule has 4 aromatic rings. The van der Waals surface area contributed by atoms with Crippen molar-refractivity contribution in [2.24, 2.45) is 0 Å². The molecule has 0 fully saturated rings. The summed E-state index contributed by atoms with van der Waals surface area (Å²) in [5.74, 6) is 0.207. The average molecular weight is 507 g/mol. The maximum Gasteiger partial charge on any atom is 0.211 e. The number of para-hydroxylation sites is 2. The third kappa shape index (κ3) is 4.67. The quantitative estimate of drug-likeness (QED) is 0.295. The van der Waals surface area contributed by atoms with Crippen molar-refractivity contribution in [3.63, 3.8) is 0 Å². The van der Waals surface area contributed by atoms with E-state index in [-0.39, 0.29) is 31.1 Å². The van der Waals surface area contributed by atoms with Crippen LogP contribution >= 0.6 is 11.3 Å². The number of hydrogen-bond acceptors (Lipinski definition) is 7. The Kier molecular flexibility index (Phi) is 6.69. The first-order chi connectivity index (χ1) is 16.6. The lowest BCUT2D eigenvalue weighted by molar-refractivity contribution is 0.104.